The Bertz CT molecular complexity index is 868. The van der Waals surface area contributed by atoms with Gasteiger partial charge in [-0.1, -0.05) is 42.5 Å². The standard InChI is InChI=1S/C18H15NO3/c1-19(12-16(20)13-7-3-2-4-8-13)15-11-18(21)22-17-10-6-5-9-14(15)17/h2-11H,12H2,1H3. The summed E-state index contributed by atoms with van der Waals surface area (Å²) in [6.07, 6.45) is 0. The van der Waals surface area contributed by atoms with Crippen LogP contribution in [0.25, 0.3) is 11.0 Å². The topological polar surface area (TPSA) is 50.5 Å². The predicted octanol–water partition coefficient (Wildman–Crippen LogP) is 3.11. The van der Waals surface area contributed by atoms with E-state index in [1.165, 1.54) is 6.07 Å². The second kappa shape index (κ2) is 5.85. The Morgan fingerprint density at radius 1 is 1.05 bits per heavy atom. The van der Waals surface area contributed by atoms with Gasteiger partial charge in [-0.15, -0.1) is 0 Å². The fourth-order valence-corrected chi connectivity index (χ4v) is 2.43. The number of carbonyl (C=O) groups excluding carboxylic acids is 1. The summed E-state index contributed by atoms with van der Waals surface area (Å²) in [4.78, 5) is 25.8. The molecule has 0 aliphatic rings. The summed E-state index contributed by atoms with van der Waals surface area (Å²) in [6.45, 7) is 0.192. The first kappa shape index (κ1) is 14.1. The minimum Gasteiger partial charge on any atom is -0.423 e. The quantitative estimate of drug-likeness (QED) is 0.548. The first-order valence-electron chi connectivity index (χ1n) is 6.97. The monoisotopic (exact) mass is 293 g/mol. The molecule has 1 heterocycles. The number of fused-ring (bicyclic) bond motifs is 1. The SMILES string of the molecule is CN(CC(=O)c1ccccc1)c1cc(=O)oc2ccccc12. The van der Waals surface area contributed by atoms with Gasteiger partial charge in [-0.3, -0.25) is 4.79 Å². The molecule has 110 valence electrons. The van der Waals surface area contributed by atoms with Gasteiger partial charge < -0.3 is 9.32 Å². The lowest BCUT2D eigenvalue weighted by Crippen LogP contribution is -2.26. The molecule has 0 fully saturated rings. The lowest BCUT2D eigenvalue weighted by Gasteiger charge is -2.19. The number of benzene rings is 2. The van der Waals surface area contributed by atoms with E-state index in [2.05, 4.69) is 0 Å². The third kappa shape index (κ3) is 2.76. The van der Waals surface area contributed by atoms with E-state index in [-0.39, 0.29) is 12.3 Å². The fraction of sp³-hybridized carbons (Fsp3) is 0.111. The lowest BCUT2D eigenvalue weighted by molar-refractivity contribution is 0.100. The van der Waals surface area contributed by atoms with E-state index in [9.17, 15) is 9.59 Å². The molecule has 2 aromatic carbocycles. The molecular formula is C18H15NO3. The number of carbonyl (C=O) groups is 1. The minimum atomic E-state index is -0.423. The van der Waals surface area contributed by atoms with Gasteiger partial charge in [0.05, 0.1) is 12.2 Å². The first-order chi connectivity index (χ1) is 10.6. The van der Waals surface area contributed by atoms with Crippen LogP contribution in [0.5, 0.6) is 0 Å². The highest BCUT2D eigenvalue weighted by Gasteiger charge is 2.13. The van der Waals surface area contributed by atoms with E-state index >= 15 is 0 Å². The largest absolute Gasteiger partial charge is 0.423 e. The van der Waals surface area contributed by atoms with Gasteiger partial charge in [0.2, 0.25) is 0 Å². The van der Waals surface area contributed by atoms with Crippen LogP contribution in [0.15, 0.2) is 69.9 Å². The second-order valence-corrected chi connectivity index (χ2v) is 5.09. The first-order valence-corrected chi connectivity index (χ1v) is 6.97. The smallest absolute Gasteiger partial charge is 0.338 e. The van der Waals surface area contributed by atoms with Crippen LogP contribution in [0, 0.1) is 0 Å². The number of Topliss-reactive ketones (excluding diaryl/α,β-unsaturated/α-hetero) is 1. The highest BCUT2D eigenvalue weighted by molar-refractivity contribution is 6.00. The van der Waals surface area contributed by atoms with Crippen LogP contribution in [0.4, 0.5) is 5.69 Å². The average Bonchev–Trinajstić information content (AvgIpc) is 2.54. The van der Waals surface area contributed by atoms with E-state index in [0.29, 0.717) is 16.8 Å². The zero-order valence-electron chi connectivity index (χ0n) is 12.2. The van der Waals surface area contributed by atoms with Crippen LogP contribution in [0.1, 0.15) is 10.4 Å². The summed E-state index contributed by atoms with van der Waals surface area (Å²) in [6, 6.07) is 17.8. The van der Waals surface area contributed by atoms with Crippen molar-refractivity contribution in [2.45, 2.75) is 0 Å². The van der Waals surface area contributed by atoms with E-state index in [4.69, 9.17) is 4.42 Å². The molecule has 3 aromatic rings. The Labute approximate surface area is 127 Å². The maximum Gasteiger partial charge on any atom is 0.338 e. The maximum atomic E-state index is 12.3. The molecule has 4 heteroatoms. The molecule has 0 spiro atoms. The summed E-state index contributed by atoms with van der Waals surface area (Å²) >= 11 is 0. The van der Waals surface area contributed by atoms with Gasteiger partial charge in [0, 0.05) is 24.1 Å². The molecule has 3 rings (SSSR count). The average molecular weight is 293 g/mol. The van der Waals surface area contributed by atoms with Crippen molar-refractivity contribution >= 4 is 22.4 Å². The Morgan fingerprint density at radius 2 is 1.73 bits per heavy atom. The summed E-state index contributed by atoms with van der Waals surface area (Å²) < 4.78 is 5.17. The third-order valence-corrected chi connectivity index (χ3v) is 3.52. The normalized spacial score (nSPS) is 10.6. The Balaban J connectivity index is 1.94. The molecule has 1 aromatic heterocycles. The van der Waals surface area contributed by atoms with Crippen molar-refractivity contribution < 1.29 is 9.21 Å². The van der Waals surface area contributed by atoms with Crippen LogP contribution < -0.4 is 10.5 Å². The third-order valence-electron chi connectivity index (χ3n) is 3.52. The minimum absolute atomic E-state index is 0.000391. The number of anilines is 1. The van der Waals surface area contributed by atoms with Gasteiger partial charge in [0.1, 0.15) is 5.58 Å². The fourth-order valence-electron chi connectivity index (χ4n) is 2.43. The Hall–Kier alpha value is -2.88. The number of hydrogen-bond donors (Lipinski definition) is 0. The maximum absolute atomic E-state index is 12.3. The molecule has 0 radical (unpaired) electrons. The molecular weight excluding hydrogens is 278 g/mol. The highest BCUT2D eigenvalue weighted by atomic mass is 16.4. The van der Waals surface area contributed by atoms with E-state index in [1.807, 2.05) is 36.4 Å². The highest BCUT2D eigenvalue weighted by Crippen LogP contribution is 2.24. The second-order valence-electron chi connectivity index (χ2n) is 5.09. The van der Waals surface area contributed by atoms with Crippen molar-refractivity contribution in [3.63, 3.8) is 0 Å². The van der Waals surface area contributed by atoms with Gasteiger partial charge in [-0.25, -0.2) is 4.79 Å². The van der Waals surface area contributed by atoms with Crippen LogP contribution in [-0.4, -0.2) is 19.4 Å². The summed E-state index contributed by atoms with van der Waals surface area (Å²) in [5.41, 5.74) is 1.44. The molecule has 0 bridgehead atoms. The number of hydrogen-bond acceptors (Lipinski definition) is 4. The molecule has 0 atom stereocenters. The van der Waals surface area contributed by atoms with Crippen molar-refractivity contribution in [3.05, 3.63) is 76.6 Å². The number of ketones is 1. The van der Waals surface area contributed by atoms with Gasteiger partial charge in [-0.05, 0) is 12.1 Å². The summed E-state index contributed by atoms with van der Waals surface area (Å²) in [7, 11) is 1.79. The number of rotatable bonds is 4. The molecule has 0 unspecified atom stereocenters. The lowest BCUT2D eigenvalue weighted by atomic mass is 10.1. The van der Waals surface area contributed by atoms with Crippen LogP contribution in [0.3, 0.4) is 0 Å². The molecule has 0 aliphatic heterocycles. The van der Waals surface area contributed by atoms with Crippen molar-refractivity contribution in [2.75, 3.05) is 18.5 Å². The molecule has 0 N–H and O–H groups in total. The number of nitrogens with zero attached hydrogens (tertiary/aromatic N) is 1. The predicted molar refractivity (Wildman–Crippen MR) is 86.5 cm³/mol. The van der Waals surface area contributed by atoms with Gasteiger partial charge in [-0.2, -0.15) is 0 Å². The van der Waals surface area contributed by atoms with Crippen molar-refractivity contribution in [3.8, 4) is 0 Å². The zero-order chi connectivity index (χ0) is 15.5. The van der Waals surface area contributed by atoms with Gasteiger partial charge in [0.15, 0.2) is 5.78 Å². The van der Waals surface area contributed by atoms with E-state index in [1.54, 1.807) is 30.1 Å². The summed E-state index contributed by atoms with van der Waals surface area (Å²) in [5.74, 6) is 0.000391. The zero-order valence-corrected chi connectivity index (χ0v) is 12.2. The van der Waals surface area contributed by atoms with Crippen LogP contribution in [0.2, 0.25) is 0 Å². The van der Waals surface area contributed by atoms with Crippen molar-refractivity contribution in [2.24, 2.45) is 0 Å². The van der Waals surface area contributed by atoms with E-state index < -0.39 is 5.63 Å². The molecule has 0 saturated heterocycles. The molecule has 0 amide bonds. The number of para-hydroxylation sites is 1. The molecule has 0 saturated carbocycles. The molecule has 4 nitrogen and oxygen atoms in total. The molecule has 0 aliphatic carbocycles. The molecule has 22 heavy (non-hydrogen) atoms. The van der Waals surface area contributed by atoms with Crippen molar-refractivity contribution in [1.29, 1.82) is 0 Å². The van der Waals surface area contributed by atoms with Gasteiger partial charge in [0.25, 0.3) is 0 Å². The van der Waals surface area contributed by atoms with Crippen LogP contribution >= 0.6 is 0 Å². The Morgan fingerprint density at radius 3 is 2.50 bits per heavy atom. The number of likely N-dealkylation sites (N-methyl/N-ethyl adjacent to an activating group) is 1. The van der Waals surface area contributed by atoms with E-state index in [0.717, 1.165) is 5.39 Å². The van der Waals surface area contributed by atoms with Crippen molar-refractivity contribution in [1.82, 2.24) is 0 Å². The summed E-state index contributed by atoms with van der Waals surface area (Å²) in [5, 5.41) is 0.811. The Kier molecular flexibility index (Phi) is 3.74. The van der Waals surface area contributed by atoms with Gasteiger partial charge >= 0.3 is 5.63 Å². The van der Waals surface area contributed by atoms with Crippen LogP contribution in [-0.2, 0) is 0 Å².